The van der Waals surface area contributed by atoms with Crippen molar-refractivity contribution in [2.45, 2.75) is 61.3 Å². The molecule has 0 aromatic carbocycles. The first-order valence-electron chi connectivity index (χ1n) is 7.15. The van der Waals surface area contributed by atoms with Crippen molar-refractivity contribution in [2.24, 2.45) is 5.73 Å². The summed E-state index contributed by atoms with van der Waals surface area (Å²) < 4.78 is 15.6. The molecule has 0 bridgehead atoms. The summed E-state index contributed by atoms with van der Waals surface area (Å²) >= 11 is 0. The first kappa shape index (κ1) is 18.9. The molecule has 2 aliphatic rings. The molecule has 0 amide bonds. The van der Waals surface area contributed by atoms with E-state index in [0.717, 1.165) is 0 Å². The Balaban J connectivity index is 2.07. The summed E-state index contributed by atoms with van der Waals surface area (Å²) in [7, 11) is 0. The second kappa shape index (κ2) is 7.63. The minimum Gasteiger partial charge on any atom is -0.394 e. The maximum Gasteiger partial charge on any atom is 0.189 e. The molecule has 0 aliphatic carbocycles. The molecule has 11 heteroatoms. The lowest BCUT2D eigenvalue weighted by Gasteiger charge is -2.45. The molecule has 0 saturated carbocycles. The second-order valence-corrected chi connectivity index (χ2v) is 5.62. The third kappa shape index (κ3) is 3.65. The summed E-state index contributed by atoms with van der Waals surface area (Å²) in [5, 5.41) is 67.0. The molecule has 10 atom stereocenters. The maximum absolute atomic E-state index is 9.88. The Bertz CT molecular complexity index is 349. The molecule has 0 aromatic heterocycles. The van der Waals surface area contributed by atoms with Crippen molar-refractivity contribution in [3.63, 3.8) is 0 Å². The van der Waals surface area contributed by atoms with Crippen LogP contribution in [0.2, 0.25) is 0 Å². The van der Waals surface area contributed by atoms with E-state index >= 15 is 0 Å². The molecule has 0 spiro atoms. The predicted octanol–water partition coefficient (Wildman–Crippen LogP) is -5.43. The normalized spacial score (nSPS) is 51.7. The van der Waals surface area contributed by atoms with Gasteiger partial charge in [0.15, 0.2) is 12.6 Å². The van der Waals surface area contributed by atoms with Gasteiger partial charge in [0.1, 0.15) is 42.7 Å². The monoisotopic (exact) mass is 341 g/mol. The van der Waals surface area contributed by atoms with Gasteiger partial charge in [-0.15, -0.1) is 0 Å². The summed E-state index contributed by atoms with van der Waals surface area (Å²) in [5.74, 6) is 0. The van der Waals surface area contributed by atoms with E-state index in [9.17, 15) is 25.5 Å². The van der Waals surface area contributed by atoms with E-state index in [2.05, 4.69) is 0 Å². The Morgan fingerprint density at radius 1 is 0.696 bits per heavy atom. The minimum absolute atomic E-state index is 0.612. The van der Waals surface area contributed by atoms with Crippen molar-refractivity contribution >= 4 is 0 Å². The van der Waals surface area contributed by atoms with Gasteiger partial charge in [-0.25, -0.2) is 0 Å². The molecular weight excluding hydrogens is 318 g/mol. The predicted molar refractivity (Wildman–Crippen MR) is 70.6 cm³/mol. The van der Waals surface area contributed by atoms with Crippen LogP contribution in [0.4, 0.5) is 0 Å². The van der Waals surface area contributed by atoms with Gasteiger partial charge in [-0.2, -0.15) is 0 Å². The van der Waals surface area contributed by atoms with Crippen LogP contribution in [-0.4, -0.2) is 110 Å². The van der Waals surface area contributed by atoms with Crippen molar-refractivity contribution in [2.75, 3.05) is 13.2 Å². The highest BCUT2D eigenvalue weighted by molar-refractivity contribution is 4.93. The average molecular weight is 341 g/mol. The van der Waals surface area contributed by atoms with Gasteiger partial charge >= 0.3 is 0 Å². The molecule has 136 valence electrons. The zero-order valence-electron chi connectivity index (χ0n) is 12.1. The molecule has 0 unspecified atom stereocenters. The lowest BCUT2D eigenvalue weighted by Crippen LogP contribution is -2.65. The Morgan fingerprint density at radius 2 is 1.17 bits per heavy atom. The van der Waals surface area contributed by atoms with Crippen molar-refractivity contribution in [3.8, 4) is 0 Å². The quantitative estimate of drug-likeness (QED) is 0.243. The highest BCUT2D eigenvalue weighted by Gasteiger charge is 2.48. The van der Waals surface area contributed by atoms with Crippen LogP contribution in [-0.2, 0) is 14.2 Å². The second-order valence-electron chi connectivity index (χ2n) is 5.62. The third-order valence-corrected chi connectivity index (χ3v) is 4.05. The summed E-state index contributed by atoms with van der Waals surface area (Å²) in [6.45, 7) is -1.25. The molecule has 0 radical (unpaired) electrons. The number of hydrogen-bond acceptors (Lipinski definition) is 11. The van der Waals surface area contributed by atoms with Gasteiger partial charge in [0, 0.05) is 0 Å². The van der Waals surface area contributed by atoms with Crippen LogP contribution in [0, 0.1) is 0 Å². The van der Waals surface area contributed by atoms with Crippen LogP contribution >= 0.6 is 0 Å². The SMILES string of the molecule is N[C@@H]1[C@@H](O[C@@H]2O[C@H](CO)[C@@H](O)[C@H](O)[C@H]2O)O[C@H](CO)[C@@H](O)[C@@H]1O. The van der Waals surface area contributed by atoms with E-state index in [-0.39, 0.29) is 0 Å². The highest BCUT2D eigenvalue weighted by atomic mass is 16.8. The fraction of sp³-hybridized carbons (Fsp3) is 1.00. The van der Waals surface area contributed by atoms with E-state index in [0.29, 0.717) is 0 Å². The van der Waals surface area contributed by atoms with Gasteiger partial charge in [-0.1, -0.05) is 0 Å². The summed E-state index contributed by atoms with van der Waals surface area (Å²) in [5.41, 5.74) is 5.68. The minimum atomic E-state index is -1.67. The van der Waals surface area contributed by atoms with E-state index in [1.165, 1.54) is 0 Å². The lowest BCUT2D eigenvalue weighted by atomic mass is 9.97. The largest absolute Gasteiger partial charge is 0.394 e. The van der Waals surface area contributed by atoms with Gasteiger partial charge in [-0.3, -0.25) is 0 Å². The van der Waals surface area contributed by atoms with Gasteiger partial charge < -0.3 is 55.7 Å². The van der Waals surface area contributed by atoms with Crippen LogP contribution in [0.1, 0.15) is 0 Å². The fourth-order valence-corrected chi connectivity index (χ4v) is 2.54. The maximum atomic E-state index is 9.88. The lowest BCUT2D eigenvalue weighted by molar-refractivity contribution is -0.361. The van der Waals surface area contributed by atoms with Gasteiger partial charge in [0.2, 0.25) is 0 Å². The first-order valence-corrected chi connectivity index (χ1v) is 7.15. The number of aliphatic hydroxyl groups excluding tert-OH is 7. The molecule has 2 fully saturated rings. The smallest absolute Gasteiger partial charge is 0.189 e. The number of aliphatic hydroxyl groups is 7. The van der Waals surface area contributed by atoms with Gasteiger partial charge in [0.25, 0.3) is 0 Å². The topological polar surface area (TPSA) is 195 Å². The van der Waals surface area contributed by atoms with Crippen molar-refractivity contribution in [1.82, 2.24) is 0 Å². The molecule has 2 heterocycles. The Morgan fingerprint density at radius 3 is 1.70 bits per heavy atom. The van der Waals surface area contributed by atoms with E-state index in [1.54, 1.807) is 0 Å². The standard InChI is InChI=1S/C12H23NO10/c13-5-8(18)6(16)3(1-14)21-11(5)23-12-10(20)9(19)7(17)4(2-15)22-12/h3-12,14-20H,1-2,13H2/t3-,4-,5+,6-,7-,8-,9+,10-,11-,12+/m1/s1. The molecule has 0 aromatic rings. The number of ether oxygens (including phenoxy) is 3. The molecule has 11 nitrogen and oxygen atoms in total. The zero-order chi connectivity index (χ0) is 17.3. The molecule has 2 rings (SSSR count). The molecule has 9 N–H and O–H groups in total. The van der Waals surface area contributed by atoms with E-state index < -0.39 is 74.6 Å². The van der Waals surface area contributed by atoms with Gasteiger partial charge in [-0.05, 0) is 0 Å². The summed E-state index contributed by atoms with van der Waals surface area (Å²) in [6.07, 6.45) is -13.0. The number of rotatable bonds is 4. The summed E-state index contributed by atoms with van der Waals surface area (Å²) in [6, 6.07) is -1.22. The van der Waals surface area contributed by atoms with Crippen LogP contribution in [0.5, 0.6) is 0 Å². The Labute approximate surface area is 131 Å². The van der Waals surface area contributed by atoms with Crippen LogP contribution in [0.25, 0.3) is 0 Å². The van der Waals surface area contributed by atoms with Gasteiger partial charge in [0.05, 0.1) is 19.3 Å². The van der Waals surface area contributed by atoms with Crippen molar-refractivity contribution in [3.05, 3.63) is 0 Å². The molecular formula is C12H23NO10. The number of nitrogens with two attached hydrogens (primary N) is 1. The Hall–Kier alpha value is -0.440. The fourth-order valence-electron chi connectivity index (χ4n) is 2.54. The number of hydrogen-bond donors (Lipinski definition) is 8. The van der Waals surface area contributed by atoms with Crippen molar-refractivity contribution < 1.29 is 50.0 Å². The molecule has 2 saturated heterocycles. The van der Waals surface area contributed by atoms with Crippen LogP contribution in [0.15, 0.2) is 0 Å². The van der Waals surface area contributed by atoms with E-state index in [1.807, 2.05) is 0 Å². The third-order valence-electron chi connectivity index (χ3n) is 4.05. The van der Waals surface area contributed by atoms with Crippen LogP contribution < -0.4 is 5.73 Å². The summed E-state index contributed by atoms with van der Waals surface area (Å²) in [4.78, 5) is 0. The average Bonchev–Trinajstić information content (AvgIpc) is 2.55. The van der Waals surface area contributed by atoms with Crippen molar-refractivity contribution in [1.29, 1.82) is 0 Å². The molecule has 2 aliphatic heterocycles. The van der Waals surface area contributed by atoms with E-state index in [4.69, 9.17) is 30.2 Å². The Kier molecular flexibility index (Phi) is 6.27. The highest BCUT2D eigenvalue weighted by Crippen LogP contribution is 2.27. The molecule has 23 heavy (non-hydrogen) atoms. The van der Waals surface area contributed by atoms with Crippen LogP contribution in [0.3, 0.4) is 0 Å². The first-order chi connectivity index (χ1) is 10.8. The zero-order valence-corrected chi connectivity index (χ0v) is 12.1.